The predicted molar refractivity (Wildman–Crippen MR) is 80.0 cm³/mol. The van der Waals surface area contributed by atoms with Crippen LogP contribution < -0.4 is 11.3 Å². The highest BCUT2D eigenvalue weighted by atomic mass is 16.5. The van der Waals surface area contributed by atoms with Crippen molar-refractivity contribution in [1.29, 1.82) is 0 Å². The molecule has 3 rings (SSSR count). The molecule has 104 valence electrons. The molecule has 0 saturated heterocycles. The average molecular weight is 268 g/mol. The molecular formula is C17H20N2O. The summed E-state index contributed by atoms with van der Waals surface area (Å²) in [7, 11) is 0. The van der Waals surface area contributed by atoms with Gasteiger partial charge in [-0.25, -0.2) is 5.43 Å². The van der Waals surface area contributed by atoms with Gasteiger partial charge < -0.3 is 4.74 Å². The lowest BCUT2D eigenvalue weighted by Gasteiger charge is -2.19. The van der Waals surface area contributed by atoms with E-state index < -0.39 is 0 Å². The van der Waals surface area contributed by atoms with Crippen molar-refractivity contribution in [2.24, 2.45) is 5.84 Å². The quantitative estimate of drug-likeness (QED) is 0.664. The van der Waals surface area contributed by atoms with Crippen LogP contribution in [0.25, 0.3) is 0 Å². The Balaban J connectivity index is 2.01. The van der Waals surface area contributed by atoms with Gasteiger partial charge >= 0.3 is 0 Å². The molecule has 1 unspecified atom stereocenters. The van der Waals surface area contributed by atoms with Crippen LogP contribution in [0.2, 0.25) is 0 Å². The van der Waals surface area contributed by atoms with E-state index >= 15 is 0 Å². The Kier molecular flexibility index (Phi) is 3.57. The van der Waals surface area contributed by atoms with Gasteiger partial charge in [-0.2, -0.15) is 0 Å². The third-order valence-electron chi connectivity index (χ3n) is 3.82. The lowest BCUT2D eigenvalue weighted by atomic mass is 9.94. The second kappa shape index (κ2) is 5.37. The van der Waals surface area contributed by atoms with Crippen molar-refractivity contribution in [3.8, 4) is 0 Å². The number of nitrogens with one attached hydrogen (secondary N) is 1. The number of ether oxygens (including phenoxy) is 1. The van der Waals surface area contributed by atoms with E-state index in [1.807, 2.05) is 0 Å². The zero-order chi connectivity index (χ0) is 14.1. The van der Waals surface area contributed by atoms with E-state index in [0.29, 0.717) is 6.61 Å². The van der Waals surface area contributed by atoms with Crippen LogP contribution in [0.15, 0.2) is 36.4 Å². The normalized spacial score (nSPS) is 15.2. The molecule has 0 fully saturated rings. The molecule has 1 aliphatic rings. The number of hydrogen-bond donors (Lipinski definition) is 2. The Morgan fingerprint density at radius 2 is 1.65 bits per heavy atom. The first-order chi connectivity index (χ1) is 9.67. The maximum atomic E-state index is 5.80. The molecular weight excluding hydrogens is 248 g/mol. The van der Waals surface area contributed by atoms with Gasteiger partial charge in [0.15, 0.2) is 0 Å². The number of aryl methyl sites for hydroxylation is 2. The molecule has 1 heterocycles. The van der Waals surface area contributed by atoms with Crippen molar-refractivity contribution in [2.75, 3.05) is 0 Å². The lowest BCUT2D eigenvalue weighted by Crippen LogP contribution is -2.29. The molecule has 0 bridgehead atoms. The Morgan fingerprint density at radius 3 is 2.35 bits per heavy atom. The summed E-state index contributed by atoms with van der Waals surface area (Å²) >= 11 is 0. The molecule has 0 aliphatic carbocycles. The lowest BCUT2D eigenvalue weighted by molar-refractivity contribution is 0.134. The Labute approximate surface area is 119 Å². The average Bonchev–Trinajstić information content (AvgIpc) is 2.86. The number of nitrogens with two attached hydrogens (primary N) is 1. The van der Waals surface area contributed by atoms with Crippen LogP contribution in [0.5, 0.6) is 0 Å². The fourth-order valence-corrected chi connectivity index (χ4v) is 2.93. The molecule has 0 radical (unpaired) electrons. The second-order valence-electron chi connectivity index (χ2n) is 5.54. The van der Waals surface area contributed by atoms with Gasteiger partial charge in [0, 0.05) is 0 Å². The van der Waals surface area contributed by atoms with Crippen LogP contribution >= 0.6 is 0 Å². The van der Waals surface area contributed by atoms with Crippen LogP contribution in [-0.2, 0) is 18.0 Å². The highest BCUT2D eigenvalue weighted by Gasteiger charge is 2.17. The van der Waals surface area contributed by atoms with Gasteiger partial charge in [0.1, 0.15) is 0 Å². The van der Waals surface area contributed by atoms with E-state index in [1.54, 1.807) is 0 Å². The molecule has 3 nitrogen and oxygen atoms in total. The minimum absolute atomic E-state index is 0.0134. The minimum Gasteiger partial charge on any atom is -0.372 e. The Bertz CT molecular complexity index is 617. The van der Waals surface area contributed by atoms with Gasteiger partial charge in [0.05, 0.1) is 19.3 Å². The molecule has 2 aromatic carbocycles. The maximum absolute atomic E-state index is 5.80. The molecule has 0 spiro atoms. The number of fused-ring (bicyclic) bond motifs is 1. The van der Waals surface area contributed by atoms with Crippen LogP contribution in [0.4, 0.5) is 0 Å². The van der Waals surface area contributed by atoms with Crippen LogP contribution in [0, 0.1) is 13.8 Å². The molecule has 20 heavy (non-hydrogen) atoms. The molecule has 2 aromatic rings. The maximum Gasteiger partial charge on any atom is 0.0725 e. The second-order valence-corrected chi connectivity index (χ2v) is 5.54. The monoisotopic (exact) mass is 268 g/mol. The number of hydrogen-bond acceptors (Lipinski definition) is 3. The van der Waals surface area contributed by atoms with Crippen LogP contribution in [0.1, 0.15) is 39.4 Å². The van der Waals surface area contributed by atoms with Crippen molar-refractivity contribution in [1.82, 2.24) is 5.43 Å². The summed E-state index contributed by atoms with van der Waals surface area (Å²) in [4.78, 5) is 0. The van der Waals surface area contributed by atoms with E-state index in [9.17, 15) is 0 Å². The van der Waals surface area contributed by atoms with Crippen LogP contribution in [-0.4, -0.2) is 0 Å². The van der Waals surface area contributed by atoms with Gasteiger partial charge in [-0.1, -0.05) is 47.5 Å². The first-order valence-electron chi connectivity index (χ1n) is 6.91. The van der Waals surface area contributed by atoms with E-state index in [0.717, 1.165) is 6.61 Å². The fraction of sp³-hybridized carbons (Fsp3) is 0.294. The van der Waals surface area contributed by atoms with E-state index in [-0.39, 0.29) is 6.04 Å². The summed E-state index contributed by atoms with van der Waals surface area (Å²) in [6.45, 7) is 5.65. The van der Waals surface area contributed by atoms with Crippen molar-refractivity contribution >= 4 is 0 Å². The number of hydrazine groups is 1. The van der Waals surface area contributed by atoms with Gasteiger partial charge in [0.25, 0.3) is 0 Å². The Morgan fingerprint density at radius 1 is 0.950 bits per heavy atom. The first kappa shape index (κ1) is 13.3. The van der Waals surface area contributed by atoms with Crippen molar-refractivity contribution in [2.45, 2.75) is 33.1 Å². The molecule has 1 aliphatic heterocycles. The fourth-order valence-electron chi connectivity index (χ4n) is 2.93. The molecule has 3 N–H and O–H groups in total. The molecule has 0 amide bonds. The third-order valence-corrected chi connectivity index (χ3v) is 3.82. The zero-order valence-corrected chi connectivity index (χ0v) is 11.9. The highest BCUT2D eigenvalue weighted by Crippen LogP contribution is 2.28. The topological polar surface area (TPSA) is 47.3 Å². The van der Waals surface area contributed by atoms with Crippen LogP contribution in [0.3, 0.4) is 0 Å². The molecule has 1 atom stereocenters. The third kappa shape index (κ3) is 2.48. The standard InChI is InChI=1S/C17H20N2O/c1-11-5-12(2)7-15(6-11)17(19-18)13-3-4-14-9-20-10-16(14)8-13/h3-8,17,19H,9-10,18H2,1-2H3. The van der Waals surface area contributed by atoms with E-state index in [1.165, 1.54) is 33.4 Å². The summed E-state index contributed by atoms with van der Waals surface area (Å²) < 4.78 is 5.48. The molecule has 0 aromatic heterocycles. The summed E-state index contributed by atoms with van der Waals surface area (Å²) in [6, 6.07) is 13.0. The SMILES string of the molecule is Cc1cc(C)cc(C(NN)c2ccc3c(c2)COC3)c1. The summed E-state index contributed by atoms with van der Waals surface area (Å²) in [5.74, 6) is 5.80. The van der Waals surface area contributed by atoms with Crippen molar-refractivity contribution in [3.05, 3.63) is 69.8 Å². The van der Waals surface area contributed by atoms with Crippen molar-refractivity contribution in [3.63, 3.8) is 0 Å². The summed E-state index contributed by atoms with van der Waals surface area (Å²) in [6.07, 6.45) is 0. The van der Waals surface area contributed by atoms with Gasteiger partial charge in [-0.15, -0.1) is 0 Å². The number of benzene rings is 2. The molecule has 0 saturated carbocycles. The summed E-state index contributed by atoms with van der Waals surface area (Å²) in [5.41, 5.74) is 10.4. The van der Waals surface area contributed by atoms with Gasteiger partial charge in [0.2, 0.25) is 0 Å². The highest BCUT2D eigenvalue weighted by molar-refractivity contribution is 5.40. The molecule has 3 heteroatoms. The van der Waals surface area contributed by atoms with Gasteiger partial charge in [-0.3, -0.25) is 5.84 Å². The number of rotatable bonds is 3. The van der Waals surface area contributed by atoms with Gasteiger partial charge in [-0.05, 0) is 36.1 Å². The Hall–Kier alpha value is -1.68. The van der Waals surface area contributed by atoms with E-state index in [2.05, 4.69) is 55.7 Å². The smallest absolute Gasteiger partial charge is 0.0725 e. The zero-order valence-electron chi connectivity index (χ0n) is 11.9. The first-order valence-corrected chi connectivity index (χ1v) is 6.91. The predicted octanol–water partition coefficient (Wildman–Crippen LogP) is 2.89. The summed E-state index contributed by atoms with van der Waals surface area (Å²) in [5, 5.41) is 0. The van der Waals surface area contributed by atoms with E-state index in [4.69, 9.17) is 10.6 Å². The van der Waals surface area contributed by atoms with Crippen molar-refractivity contribution < 1.29 is 4.74 Å². The minimum atomic E-state index is 0.0134. The largest absolute Gasteiger partial charge is 0.372 e.